The zero-order valence-electron chi connectivity index (χ0n) is 15.8. The zero-order chi connectivity index (χ0) is 19.5. The van der Waals surface area contributed by atoms with E-state index in [0.29, 0.717) is 0 Å². The van der Waals surface area contributed by atoms with Crippen LogP contribution in [0.5, 0.6) is 5.75 Å². The summed E-state index contributed by atoms with van der Waals surface area (Å²) in [6.07, 6.45) is 3.99. The van der Waals surface area contributed by atoms with Crippen molar-refractivity contribution in [3.63, 3.8) is 0 Å². The molecule has 0 fully saturated rings. The molecule has 0 spiro atoms. The molecule has 0 aliphatic rings. The van der Waals surface area contributed by atoms with Crippen LogP contribution in [-0.2, 0) is 11.2 Å². The van der Waals surface area contributed by atoms with Crippen molar-refractivity contribution in [3.8, 4) is 16.9 Å². The van der Waals surface area contributed by atoms with E-state index in [0.717, 1.165) is 39.2 Å². The largest absolute Gasteiger partial charge is 0.497 e. The lowest BCUT2D eigenvalue weighted by Gasteiger charge is -2.07. The Hall–Kier alpha value is -3.60. The van der Waals surface area contributed by atoms with E-state index < -0.39 is 0 Å². The minimum Gasteiger partial charge on any atom is -0.497 e. The molecule has 4 rings (SSSR count). The van der Waals surface area contributed by atoms with Gasteiger partial charge in [0.25, 0.3) is 0 Å². The third-order valence-electron chi connectivity index (χ3n) is 4.80. The normalized spacial score (nSPS) is 10.8. The lowest BCUT2D eigenvalue weighted by Crippen LogP contribution is -2.14. The first kappa shape index (κ1) is 17.8. The maximum absolute atomic E-state index is 12.5. The second-order valence-electron chi connectivity index (χ2n) is 6.70. The summed E-state index contributed by atoms with van der Waals surface area (Å²) in [5, 5.41) is 3.89. The van der Waals surface area contributed by atoms with Gasteiger partial charge >= 0.3 is 0 Å². The fourth-order valence-electron chi connectivity index (χ4n) is 3.30. The number of nitrogens with zero attached hydrogens (tertiary/aromatic N) is 1. The molecule has 0 aliphatic heterocycles. The Balaban J connectivity index is 1.57. The number of amides is 1. The Kier molecular flexibility index (Phi) is 4.81. The number of ether oxygens (including phenoxy) is 1. The van der Waals surface area contributed by atoms with Crippen molar-refractivity contribution < 1.29 is 9.53 Å². The number of aromatic nitrogens is 2. The van der Waals surface area contributed by atoms with Crippen molar-refractivity contribution in [1.29, 1.82) is 0 Å². The minimum absolute atomic E-state index is 0.0765. The van der Waals surface area contributed by atoms with E-state index in [2.05, 4.69) is 40.4 Å². The predicted molar refractivity (Wildman–Crippen MR) is 112 cm³/mol. The number of hydrogen-bond acceptors (Lipinski definition) is 3. The number of benzene rings is 2. The Labute approximate surface area is 163 Å². The van der Waals surface area contributed by atoms with E-state index in [-0.39, 0.29) is 12.3 Å². The molecule has 140 valence electrons. The van der Waals surface area contributed by atoms with E-state index in [9.17, 15) is 4.79 Å². The van der Waals surface area contributed by atoms with Gasteiger partial charge in [0, 0.05) is 29.0 Å². The number of fused-ring (bicyclic) bond motifs is 1. The Morgan fingerprint density at radius 1 is 1.14 bits per heavy atom. The molecule has 5 nitrogen and oxygen atoms in total. The summed E-state index contributed by atoms with van der Waals surface area (Å²) in [5.41, 5.74) is 5.82. The number of pyridine rings is 1. The van der Waals surface area contributed by atoms with Crippen molar-refractivity contribution in [2.75, 3.05) is 12.4 Å². The number of rotatable bonds is 5. The number of hydrogen-bond donors (Lipinski definition) is 2. The summed E-state index contributed by atoms with van der Waals surface area (Å²) in [6.45, 7) is 2.08. The first-order valence-electron chi connectivity index (χ1n) is 9.10. The highest BCUT2D eigenvalue weighted by Gasteiger charge is 2.12. The average molecular weight is 371 g/mol. The van der Waals surface area contributed by atoms with Gasteiger partial charge in [0.15, 0.2) is 0 Å². The van der Waals surface area contributed by atoms with E-state index in [1.165, 1.54) is 5.56 Å². The average Bonchev–Trinajstić information content (AvgIpc) is 3.11. The molecule has 1 amide bonds. The summed E-state index contributed by atoms with van der Waals surface area (Å²) in [6, 6.07) is 17.6. The van der Waals surface area contributed by atoms with Gasteiger partial charge in [-0.1, -0.05) is 24.3 Å². The van der Waals surface area contributed by atoms with E-state index in [4.69, 9.17) is 4.74 Å². The van der Waals surface area contributed by atoms with Gasteiger partial charge in [-0.05, 0) is 53.9 Å². The molecule has 0 saturated carbocycles. The van der Waals surface area contributed by atoms with Crippen molar-refractivity contribution in [2.45, 2.75) is 13.3 Å². The molecule has 28 heavy (non-hydrogen) atoms. The lowest BCUT2D eigenvalue weighted by molar-refractivity contribution is -0.115. The number of anilines is 1. The number of carbonyl (C=O) groups excluding carboxylic acids is 1. The number of nitrogens with one attached hydrogen (secondary N) is 2. The van der Waals surface area contributed by atoms with Gasteiger partial charge in [0.2, 0.25) is 5.91 Å². The smallest absolute Gasteiger partial charge is 0.228 e. The number of carbonyl (C=O) groups is 1. The number of methoxy groups -OCH3 is 1. The van der Waals surface area contributed by atoms with Crippen LogP contribution in [0.1, 0.15) is 11.1 Å². The fraction of sp³-hybridized carbons (Fsp3) is 0.130. The van der Waals surface area contributed by atoms with Crippen LogP contribution in [0.15, 0.2) is 67.0 Å². The van der Waals surface area contributed by atoms with Crippen molar-refractivity contribution in [2.24, 2.45) is 0 Å². The number of H-pyrrole nitrogens is 1. The molecule has 4 aromatic rings. The first-order valence-corrected chi connectivity index (χ1v) is 9.10. The van der Waals surface area contributed by atoms with Crippen LogP contribution in [0.4, 0.5) is 5.69 Å². The minimum atomic E-state index is -0.0765. The summed E-state index contributed by atoms with van der Waals surface area (Å²) >= 11 is 0. The van der Waals surface area contributed by atoms with E-state index in [1.807, 2.05) is 48.8 Å². The molecule has 2 heterocycles. The van der Waals surface area contributed by atoms with Crippen LogP contribution in [0, 0.1) is 6.92 Å². The molecule has 2 N–H and O–H groups in total. The highest BCUT2D eigenvalue weighted by atomic mass is 16.5. The maximum atomic E-state index is 12.5. The molecule has 0 aliphatic carbocycles. The van der Waals surface area contributed by atoms with Crippen molar-refractivity contribution in [3.05, 3.63) is 78.1 Å². The standard InChI is InChI=1S/C23H21N3O2/c1-15-5-3-4-6-20(15)16-11-21-17(14-25-23(21)24-13-16)12-22(27)26-18-7-9-19(28-2)10-8-18/h3-11,13-14H,12H2,1-2H3,(H,24,25)(H,26,27). The van der Waals surface area contributed by atoms with Crippen LogP contribution >= 0.6 is 0 Å². The molecule has 0 radical (unpaired) electrons. The van der Waals surface area contributed by atoms with Gasteiger partial charge in [-0.3, -0.25) is 4.79 Å². The molecule has 0 bridgehead atoms. The van der Waals surface area contributed by atoms with Gasteiger partial charge in [0.1, 0.15) is 11.4 Å². The van der Waals surface area contributed by atoms with E-state index in [1.54, 1.807) is 7.11 Å². The Bertz CT molecular complexity index is 1130. The molecule has 0 atom stereocenters. The quantitative estimate of drug-likeness (QED) is 0.533. The van der Waals surface area contributed by atoms with Gasteiger partial charge < -0.3 is 15.0 Å². The highest BCUT2D eigenvalue weighted by Crippen LogP contribution is 2.27. The third-order valence-corrected chi connectivity index (χ3v) is 4.80. The molecule has 0 saturated heterocycles. The summed E-state index contributed by atoms with van der Waals surface area (Å²) in [7, 11) is 1.61. The highest BCUT2D eigenvalue weighted by molar-refractivity contribution is 5.96. The SMILES string of the molecule is COc1ccc(NC(=O)Cc2c[nH]c3ncc(-c4ccccc4C)cc23)cc1. The topological polar surface area (TPSA) is 67.0 Å². The van der Waals surface area contributed by atoms with Gasteiger partial charge in [-0.25, -0.2) is 4.98 Å². The first-order chi connectivity index (χ1) is 13.6. The molecule has 0 unspecified atom stereocenters. The Morgan fingerprint density at radius 2 is 1.93 bits per heavy atom. The monoisotopic (exact) mass is 371 g/mol. The number of aromatic amines is 1. The summed E-state index contributed by atoms with van der Waals surface area (Å²) < 4.78 is 5.14. The second kappa shape index (κ2) is 7.56. The van der Waals surface area contributed by atoms with Gasteiger partial charge in [0.05, 0.1) is 13.5 Å². The fourth-order valence-corrected chi connectivity index (χ4v) is 3.30. The molecule has 5 heteroatoms. The van der Waals surface area contributed by atoms with Crippen LogP contribution in [0.2, 0.25) is 0 Å². The van der Waals surface area contributed by atoms with Crippen LogP contribution in [-0.4, -0.2) is 23.0 Å². The van der Waals surface area contributed by atoms with Crippen molar-refractivity contribution in [1.82, 2.24) is 9.97 Å². The molecule has 2 aromatic carbocycles. The summed E-state index contributed by atoms with van der Waals surface area (Å²) in [5.74, 6) is 0.678. The lowest BCUT2D eigenvalue weighted by atomic mass is 10.0. The number of aryl methyl sites for hydroxylation is 1. The third kappa shape index (κ3) is 3.60. The van der Waals surface area contributed by atoms with Gasteiger partial charge in [-0.15, -0.1) is 0 Å². The maximum Gasteiger partial charge on any atom is 0.228 e. The van der Waals surface area contributed by atoms with E-state index >= 15 is 0 Å². The zero-order valence-corrected chi connectivity index (χ0v) is 15.8. The van der Waals surface area contributed by atoms with Crippen LogP contribution in [0.25, 0.3) is 22.2 Å². The summed E-state index contributed by atoms with van der Waals surface area (Å²) in [4.78, 5) is 20.2. The molecular weight excluding hydrogens is 350 g/mol. The Morgan fingerprint density at radius 3 is 2.68 bits per heavy atom. The van der Waals surface area contributed by atoms with Crippen LogP contribution in [0.3, 0.4) is 0 Å². The second-order valence-corrected chi connectivity index (χ2v) is 6.70. The predicted octanol–water partition coefficient (Wildman–Crippen LogP) is 4.73. The molecular formula is C23H21N3O2. The van der Waals surface area contributed by atoms with Crippen LogP contribution < -0.4 is 10.1 Å². The van der Waals surface area contributed by atoms with Gasteiger partial charge in [-0.2, -0.15) is 0 Å². The molecule has 2 aromatic heterocycles. The van der Waals surface area contributed by atoms with Crippen molar-refractivity contribution >= 4 is 22.6 Å².